The van der Waals surface area contributed by atoms with Crippen LogP contribution < -0.4 is 11.1 Å². The van der Waals surface area contributed by atoms with Gasteiger partial charge in [0.15, 0.2) is 0 Å². The summed E-state index contributed by atoms with van der Waals surface area (Å²) in [6.45, 7) is 0.709. The van der Waals surface area contributed by atoms with Gasteiger partial charge in [0.2, 0.25) is 5.91 Å². The smallest absolute Gasteiger partial charge is 0.224 e. The minimum Gasteiger partial charge on any atom is -0.356 e. The van der Waals surface area contributed by atoms with Crippen molar-refractivity contribution in [2.75, 3.05) is 6.54 Å². The van der Waals surface area contributed by atoms with E-state index in [1.807, 2.05) is 0 Å². The van der Waals surface area contributed by atoms with Crippen LogP contribution in [0, 0.1) is 11.7 Å². The second-order valence-electron chi connectivity index (χ2n) is 5.39. The van der Waals surface area contributed by atoms with Crippen molar-refractivity contribution < 1.29 is 9.18 Å². The normalized spacial score (nSPS) is 23.1. The predicted octanol–water partition coefficient (Wildman–Crippen LogP) is 2.00. The molecule has 0 bridgehead atoms. The summed E-state index contributed by atoms with van der Waals surface area (Å²) in [7, 11) is 0. The summed E-state index contributed by atoms with van der Waals surface area (Å²) in [5.74, 6) is 0.197. The molecule has 1 aromatic carbocycles. The SMILES string of the molecule is NC1CCC(CNC(=O)Cc2cccc(F)c2)CC1. The summed E-state index contributed by atoms with van der Waals surface area (Å²) < 4.78 is 13.0. The van der Waals surface area contributed by atoms with E-state index in [4.69, 9.17) is 5.73 Å². The molecular formula is C15H21FN2O. The van der Waals surface area contributed by atoms with Gasteiger partial charge in [0.1, 0.15) is 5.82 Å². The fourth-order valence-corrected chi connectivity index (χ4v) is 2.55. The maximum atomic E-state index is 13.0. The number of benzene rings is 1. The van der Waals surface area contributed by atoms with Crippen LogP contribution in [0.1, 0.15) is 31.2 Å². The summed E-state index contributed by atoms with van der Waals surface area (Å²) in [5, 5.41) is 2.93. The van der Waals surface area contributed by atoms with E-state index in [1.54, 1.807) is 12.1 Å². The first kappa shape index (κ1) is 14.0. The van der Waals surface area contributed by atoms with Crippen molar-refractivity contribution in [1.82, 2.24) is 5.32 Å². The lowest BCUT2D eigenvalue weighted by molar-refractivity contribution is -0.120. The molecule has 0 radical (unpaired) electrons. The van der Waals surface area contributed by atoms with E-state index in [2.05, 4.69) is 5.32 Å². The van der Waals surface area contributed by atoms with Crippen molar-refractivity contribution in [2.45, 2.75) is 38.1 Å². The molecule has 0 aliphatic heterocycles. The van der Waals surface area contributed by atoms with Crippen molar-refractivity contribution in [3.63, 3.8) is 0 Å². The standard InChI is InChI=1S/C15H21FN2O/c16-13-3-1-2-12(8-13)9-15(19)18-10-11-4-6-14(17)7-5-11/h1-3,8,11,14H,4-7,9-10,17H2,(H,18,19). The number of halogens is 1. The molecule has 0 aromatic heterocycles. The zero-order valence-electron chi connectivity index (χ0n) is 11.1. The molecule has 0 heterocycles. The molecule has 1 aliphatic rings. The van der Waals surface area contributed by atoms with Crippen LogP contribution in [0.4, 0.5) is 4.39 Å². The van der Waals surface area contributed by atoms with Gasteiger partial charge in [-0.15, -0.1) is 0 Å². The van der Waals surface area contributed by atoms with Crippen LogP contribution in [0.25, 0.3) is 0 Å². The van der Waals surface area contributed by atoms with Crippen molar-refractivity contribution in [3.8, 4) is 0 Å². The first-order chi connectivity index (χ1) is 9.13. The molecule has 1 aromatic rings. The summed E-state index contributed by atoms with van der Waals surface area (Å²) in [5.41, 5.74) is 6.56. The minimum atomic E-state index is -0.299. The van der Waals surface area contributed by atoms with Crippen LogP contribution in [-0.4, -0.2) is 18.5 Å². The molecule has 0 unspecified atom stereocenters. The van der Waals surface area contributed by atoms with Crippen molar-refractivity contribution in [3.05, 3.63) is 35.6 Å². The number of carbonyl (C=O) groups is 1. The van der Waals surface area contributed by atoms with E-state index in [-0.39, 0.29) is 18.1 Å². The van der Waals surface area contributed by atoms with E-state index in [0.717, 1.165) is 25.7 Å². The number of carbonyl (C=O) groups excluding carboxylic acids is 1. The molecule has 3 N–H and O–H groups in total. The molecule has 2 rings (SSSR count). The molecular weight excluding hydrogens is 243 g/mol. The van der Waals surface area contributed by atoms with Crippen LogP contribution >= 0.6 is 0 Å². The predicted molar refractivity (Wildman–Crippen MR) is 73.0 cm³/mol. The number of amides is 1. The molecule has 0 spiro atoms. The molecule has 19 heavy (non-hydrogen) atoms. The molecule has 0 atom stereocenters. The van der Waals surface area contributed by atoms with Gasteiger partial charge in [0.25, 0.3) is 0 Å². The fourth-order valence-electron chi connectivity index (χ4n) is 2.55. The van der Waals surface area contributed by atoms with Crippen molar-refractivity contribution in [1.29, 1.82) is 0 Å². The quantitative estimate of drug-likeness (QED) is 0.874. The third kappa shape index (κ3) is 4.63. The first-order valence-corrected chi connectivity index (χ1v) is 6.90. The van der Waals surface area contributed by atoms with Crippen LogP contribution in [0.2, 0.25) is 0 Å². The molecule has 4 heteroatoms. The molecule has 104 valence electrons. The van der Waals surface area contributed by atoms with Crippen molar-refractivity contribution >= 4 is 5.91 Å². The molecule has 1 aliphatic carbocycles. The Morgan fingerprint density at radius 1 is 1.32 bits per heavy atom. The zero-order valence-corrected chi connectivity index (χ0v) is 11.1. The average molecular weight is 264 g/mol. The number of rotatable bonds is 4. The van der Waals surface area contributed by atoms with Gasteiger partial charge in [-0.1, -0.05) is 12.1 Å². The maximum absolute atomic E-state index is 13.0. The Bertz CT molecular complexity index is 428. The van der Waals surface area contributed by atoms with Gasteiger partial charge >= 0.3 is 0 Å². The van der Waals surface area contributed by atoms with Crippen molar-refractivity contribution in [2.24, 2.45) is 11.7 Å². The highest BCUT2D eigenvalue weighted by molar-refractivity contribution is 5.78. The summed E-state index contributed by atoms with van der Waals surface area (Å²) in [6, 6.07) is 6.51. The third-order valence-electron chi connectivity index (χ3n) is 3.73. The minimum absolute atomic E-state index is 0.0412. The lowest BCUT2D eigenvalue weighted by Gasteiger charge is -2.26. The van der Waals surface area contributed by atoms with E-state index >= 15 is 0 Å². The second-order valence-corrected chi connectivity index (χ2v) is 5.39. The number of hydrogen-bond donors (Lipinski definition) is 2. The van der Waals surface area contributed by atoms with Crippen LogP contribution in [0.5, 0.6) is 0 Å². The number of hydrogen-bond acceptors (Lipinski definition) is 2. The highest BCUT2D eigenvalue weighted by Gasteiger charge is 2.18. The van der Waals surface area contributed by atoms with Gasteiger partial charge in [-0.05, 0) is 49.3 Å². The van der Waals surface area contributed by atoms with Gasteiger partial charge < -0.3 is 11.1 Å². The number of nitrogens with one attached hydrogen (secondary N) is 1. The molecule has 1 fully saturated rings. The summed E-state index contributed by atoms with van der Waals surface area (Å²) >= 11 is 0. The molecule has 1 amide bonds. The maximum Gasteiger partial charge on any atom is 0.224 e. The topological polar surface area (TPSA) is 55.1 Å². The highest BCUT2D eigenvalue weighted by atomic mass is 19.1. The zero-order chi connectivity index (χ0) is 13.7. The van der Waals surface area contributed by atoms with Gasteiger partial charge in [0.05, 0.1) is 6.42 Å². The van der Waals surface area contributed by atoms with Crippen LogP contribution in [-0.2, 0) is 11.2 Å². The van der Waals surface area contributed by atoms with Gasteiger partial charge in [-0.3, -0.25) is 4.79 Å². The average Bonchev–Trinajstić information content (AvgIpc) is 2.38. The van der Waals surface area contributed by atoms with E-state index in [1.165, 1.54) is 12.1 Å². The van der Waals surface area contributed by atoms with Gasteiger partial charge in [0, 0.05) is 12.6 Å². The Hall–Kier alpha value is -1.42. The summed E-state index contributed by atoms with van der Waals surface area (Å²) in [6.07, 6.45) is 4.50. The Labute approximate surface area is 113 Å². The highest BCUT2D eigenvalue weighted by Crippen LogP contribution is 2.22. The van der Waals surface area contributed by atoms with Gasteiger partial charge in [-0.25, -0.2) is 4.39 Å². The molecule has 3 nitrogen and oxygen atoms in total. The summed E-state index contributed by atoms with van der Waals surface area (Å²) in [4.78, 5) is 11.8. The monoisotopic (exact) mass is 264 g/mol. The largest absolute Gasteiger partial charge is 0.356 e. The molecule has 0 saturated heterocycles. The number of nitrogens with two attached hydrogens (primary N) is 1. The Kier molecular flexibility index (Phi) is 4.91. The first-order valence-electron chi connectivity index (χ1n) is 6.90. The second kappa shape index (κ2) is 6.66. The Balaban J connectivity index is 1.73. The van der Waals surface area contributed by atoms with Crippen LogP contribution in [0.15, 0.2) is 24.3 Å². The van der Waals surface area contributed by atoms with Gasteiger partial charge in [-0.2, -0.15) is 0 Å². The Morgan fingerprint density at radius 3 is 2.74 bits per heavy atom. The molecule has 1 saturated carbocycles. The Morgan fingerprint density at radius 2 is 2.05 bits per heavy atom. The lowest BCUT2D eigenvalue weighted by Crippen LogP contribution is -2.34. The van der Waals surface area contributed by atoms with E-state index < -0.39 is 0 Å². The third-order valence-corrected chi connectivity index (χ3v) is 3.73. The lowest BCUT2D eigenvalue weighted by atomic mass is 9.86. The van der Waals surface area contributed by atoms with E-state index in [9.17, 15) is 9.18 Å². The fraction of sp³-hybridized carbons (Fsp3) is 0.533. The van der Waals surface area contributed by atoms with E-state index in [0.29, 0.717) is 24.1 Å². The van der Waals surface area contributed by atoms with Crippen LogP contribution in [0.3, 0.4) is 0 Å².